The second kappa shape index (κ2) is 6.19. The van der Waals surface area contributed by atoms with E-state index in [0.29, 0.717) is 5.56 Å². The summed E-state index contributed by atoms with van der Waals surface area (Å²) in [6, 6.07) is 16.3. The van der Waals surface area contributed by atoms with Crippen LogP contribution in [0.1, 0.15) is 18.4 Å². The van der Waals surface area contributed by atoms with Gasteiger partial charge in [-0.3, -0.25) is 0 Å². The van der Waals surface area contributed by atoms with Crippen molar-refractivity contribution in [1.82, 2.24) is 0 Å². The summed E-state index contributed by atoms with van der Waals surface area (Å²) in [5.41, 5.74) is 3.95. The van der Waals surface area contributed by atoms with Gasteiger partial charge in [-0.25, -0.2) is 0 Å². The first-order chi connectivity index (χ1) is 10.3. The summed E-state index contributed by atoms with van der Waals surface area (Å²) >= 11 is 3.41. The molecule has 3 nitrogen and oxygen atoms in total. The second-order valence-corrected chi connectivity index (χ2v) is 6.03. The van der Waals surface area contributed by atoms with E-state index < -0.39 is 0 Å². The average molecular weight is 342 g/mol. The SMILES string of the molecule is N#Cc1ccc(Nc2ccc(N3CCCC3)cc2)cc1Br. The summed E-state index contributed by atoms with van der Waals surface area (Å²) < 4.78 is 0.809. The standard InChI is InChI=1S/C17H16BrN3/c18-17-11-15(4-3-13(17)12-19)20-14-5-7-16(8-6-14)21-9-1-2-10-21/h3-8,11,20H,1-2,9-10H2. The maximum Gasteiger partial charge on any atom is 0.100 e. The van der Waals surface area contributed by atoms with E-state index in [1.807, 2.05) is 18.2 Å². The van der Waals surface area contributed by atoms with Crippen LogP contribution in [0.3, 0.4) is 0 Å². The van der Waals surface area contributed by atoms with Crippen LogP contribution in [0.15, 0.2) is 46.9 Å². The van der Waals surface area contributed by atoms with Crippen molar-refractivity contribution in [2.24, 2.45) is 0 Å². The van der Waals surface area contributed by atoms with Crippen molar-refractivity contribution in [3.8, 4) is 6.07 Å². The maximum atomic E-state index is 8.93. The van der Waals surface area contributed by atoms with E-state index in [4.69, 9.17) is 5.26 Å². The number of rotatable bonds is 3. The summed E-state index contributed by atoms with van der Waals surface area (Å²) in [5.74, 6) is 0. The van der Waals surface area contributed by atoms with E-state index in [9.17, 15) is 0 Å². The van der Waals surface area contributed by atoms with Crippen LogP contribution in [0.4, 0.5) is 17.1 Å². The van der Waals surface area contributed by atoms with Gasteiger partial charge in [-0.05, 0) is 71.2 Å². The first-order valence-electron chi connectivity index (χ1n) is 7.08. The number of anilines is 3. The van der Waals surface area contributed by atoms with E-state index in [-0.39, 0.29) is 0 Å². The smallest absolute Gasteiger partial charge is 0.100 e. The first-order valence-corrected chi connectivity index (χ1v) is 7.87. The van der Waals surface area contributed by atoms with Gasteiger partial charge in [-0.15, -0.1) is 0 Å². The lowest BCUT2D eigenvalue weighted by Crippen LogP contribution is -2.17. The molecule has 1 aliphatic heterocycles. The minimum Gasteiger partial charge on any atom is -0.372 e. The van der Waals surface area contributed by atoms with Gasteiger partial charge in [0.25, 0.3) is 0 Å². The molecule has 0 saturated carbocycles. The third-order valence-electron chi connectivity index (χ3n) is 3.72. The van der Waals surface area contributed by atoms with Crippen LogP contribution >= 0.6 is 15.9 Å². The van der Waals surface area contributed by atoms with E-state index >= 15 is 0 Å². The Balaban J connectivity index is 1.73. The number of nitriles is 1. The van der Waals surface area contributed by atoms with Gasteiger partial charge in [-0.2, -0.15) is 5.26 Å². The Bertz CT molecular complexity index is 667. The molecule has 1 saturated heterocycles. The fraction of sp³-hybridized carbons (Fsp3) is 0.235. The predicted octanol–water partition coefficient (Wildman–Crippen LogP) is 4.66. The summed E-state index contributed by atoms with van der Waals surface area (Å²) in [5, 5.41) is 12.3. The molecule has 106 valence electrons. The zero-order valence-corrected chi connectivity index (χ0v) is 13.2. The molecular formula is C17H16BrN3. The minimum absolute atomic E-state index is 0.643. The molecule has 0 aromatic heterocycles. The van der Waals surface area contributed by atoms with E-state index in [2.05, 4.69) is 56.5 Å². The molecule has 1 aliphatic rings. The number of hydrogen-bond donors (Lipinski definition) is 1. The van der Waals surface area contributed by atoms with E-state index in [1.165, 1.54) is 18.5 Å². The molecule has 1 heterocycles. The molecule has 1 N–H and O–H groups in total. The molecule has 0 spiro atoms. The molecule has 0 aliphatic carbocycles. The summed E-state index contributed by atoms with van der Waals surface area (Å²) in [6.45, 7) is 2.32. The topological polar surface area (TPSA) is 39.1 Å². The average Bonchev–Trinajstić information content (AvgIpc) is 3.02. The summed E-state index contributed by atoms with van der Waals surface area (Å²) in [7, 11) is 0. The van der Waals surface area contributed by atoms with Crippen molar-refractivity contribution in [3.05, 3.63) is 52.5 Å². The zero-order chi connectivity index (χ0) is 14.7. The van der Waals surface area contributed by atoms with Crippen molar-refractivity contribution in [1.29, 1.82) is 5.26 Å². The Morgan fingerprint density at radius 1 is 1.00 bits per heavy atom. The van der Waals surface area contributed by atoms with Crippen LogP contribution in [0.5, 0.6) is 0 Å². The quantitative estimate of drug-likeness (QED) is 0.881. The Morgan fingerprint density at radius 2 is 1.67 bits per heavy atom. The number of benzene rings is 2. The number of halogens is 1. The van der Waals surface area contributed by atoms with Gasteiger partial charge in [0.15, 0.2) is 0 Å². The molecule has 0 radical (unpaired) electrons. The van der Waals surface area contributed by atoms with Crippen molar-refractivity contribution in [2.75, 3.05) is 23.3 Å². The molecular weight excluding hydrogens is 326 g/mol. The number of hydrogen-bond acceptors (Lipinski definition) is 3. The third-order valence-corrected chi connectivity index (χ3v) is 4.37. The minimum atomic E-state index is 0.643. The highest BCUT2D eigenvalue weighted by molar-refractivity contribution is 9.10. The van der Waals surface area contributed by atoms with Crippen LogP contribution in [-0.2, 0) is 0 Å². The lowest BCUT2D eigenvalue weighted by Gasteiger charge is -2.18. The molecule has 0 amide bonds. The van der Waals surface area contributed by atoms with Gasteiger partial charge in [0.05, 0.1) is 5.56 Å². The fourth-order valence-electron chi connectivity index (χ4n) is 2.58. The zero-order valence-electron chi connectivity index (χ0n) is 11.6. The van der Waals surface area contributed by atoms with Crippen molar-refractivity contribution >= 4 is 33.0 Å². The van der Waals surface area contributed by atoms with Crippen molar-refractivity contribution in [3.63, 3.8) is 0 Å². The molecule has 2 aromatic rings. The van der Waals surface area contributed by atoms with Crippen molar-refractivity contribution in [2.45, 2.75) is 12.8 Å². The van der Waals surface area contributed by atoms with Crippen LogP contribution in [0.2, 0.25) is 0 Å². The van der Waals surface area contributed by atoms with Crippen LogP contribution in [-0.4, -0.2) is 13.1 Å². The lowest BCUT2D eigenvalue weighted by molar-refractivity contribution is 0.949. The molecule has 4 heteroatoms. The predicted molar refractivity (Wildman–Crippen MR) is 90.0 cm³/mol. The van der Waals surface area contributed by atoms with Gasteiger partial charge in [0.2, 0.25) is 0 Å². The highest BCUT2D eigenvalue weighted by Crippen LogP contribution is 2.26. The Morgan fingerprint density at radius 3 is 2.29 bits per heavy atom. The van der Waals surface area contributed by atoms with E-state index in [1.54, 1.807) is 0 Å². The normalized spacial score (nSPS) is 14.0. The van der Waals surface area contributed by atoms with Gasteiger partial charge in [0, 0.05) is 34.6 Å². The van der Waals surface area contributed by atoms with E-state index in [0.717, 1.165) is 28.9 Å². The molecule has 0 unspecified atom stereocenters. The first kappa shape index (κ1) is 14.0. The van der Waals surface area contributed by atoms with Gasteiger partial charge in [-0.1, -0.05) is 0 Å². The van der Waals surface area contributed by atoms with Gasteiger partial charge in [0.1, 0.15) is 6.07 Å². The van der Waals surface area contributed by atoms with Crippen LogP contribution in [0, 0.1) is 11.3 Å². The Kier molecular flexibility index (Phi) is 4.12. The van der Waals surface area contributed by atoms with Gasteiger partial charge >= 0.3 is 0 Å². The molecule has 21 heavy (non-hydrogen) atoms. The molecule has 0 bridgehead atoms. The van der Waals surface area contributed by atoms with Crippen LogP contribution in [0.25, 0.3) is 0 Å². The molecule has 3 rings (SSSR count). The summed E-state index contributed by atoms with van der Waals surface area (Å²) in [6.07, 6.45) is 2.58. The Hall–Kier alpha value is -1.99. The Labute approximate surface area is 133 Å². The maximum absolute atomic E-state index is 8.93. The van der Waals surface area contributed by atoms with Crippen molar-refractivity contribution < 1.29 is 0 Å². The second-order valence-electron chi connectivity index (χ2n) is 5.17. The molecule has 2 aromatic carbocycles. The fourth-order valence-corrected chi connectivity index (χ4v) is 3.05. The third kappa shape index (κ3) is 3.20. The highest BCUT2D eigenvalue weighted by Gasteiger charge is 2.11. The highest BCUT2D eigenvalue weighted by atomic mass is 79.9. The van der Waals surface area contributed by atoms with Gasteiger partial charge < -0.3 is 10.2 Å². The molecule has 0 atom stereocenters. The number of nitrogens with one attached hydrogen (secondary N) is 1. The van der Waals surface area contributed by atoms with Crippen LogP contribution < -0.4 is 10.2 Å². The number of nitrogens with zero attached hydrogens (tertiary/aromatic N) is 2. The lowest BCUT2D eigenvalue weighted by atomic mass is 10.2. The molecule has 1 fully saturated rings. The monoisotopic (exact) mass is 341 g/mol. The summed E-state index contributed by atoms with van der Waals surface area (Å²) in [4.78, 5) is 2.42. The largest absolute Gasteiger partial charge is 0.372 e.